The summed E-state index contributed by atoms with van der Waals surface area (Å²) >= 11 is 0. The van der Waals surface area contributed by atoms with Gasteiger partial charge in [0, 0.05) is 6.42 Å². The average molecular weight is 361 g/mol. The predicted molar refractivity (Wildman–Crippen MR) is 78.8 cm³/mol. The van der Waals surface area contributed by atoms with E-state index in [4.69, 9.17) is 25.0 Å². The molecule has 0 saturated carbocycles. The number of aliphatic hydroxyl groups excluding tert-OH is 1. The fraction of sp³-hybridized carbons (Fsp3) is 0.545. The minimum atomic E-state index is -4.64. The lowest BCUT2D eigenvalue weighted by Crippen LogP contribution is -2.25. The van der Waals surface area contributed by atoms with E-state index >= 15 is 0 Å². The smallest absolute Gasteiger partial charge is 0.469 e. The van der Waals surface area contributed by atoms with Crippen LogP contribution in [-0.4, -0.2) is 60.3 Å². The summed E-state index contributed by atoms with van der Waals surface area (Å²) in [5.41, 5.74) is 6.37. The molecule has 1 aliphatic heterocycles. The van der Waals surface area contributed by atoms with Crippen molar-refractivity contribution in [3.05, 3.63) is 6.33 Å². The summed E-state index contributed by atoms with van der Waals surface area (Å²) in [6.07, 6.45) is -0.937. The second-order valence-electron chi connectivity index (χ2n) is 5.13. The lowest BCUT2D eigenvalue weighted by atomic mass is 10.2. The van der Waals surface area contributed by atoms with Gasteiger partial charge < -0.3 is 30.1 Å². The number of methoxy groups -OCH3 is 1. The Bertz CT molecular complexity index is 792. The second kappa shape index (κ2) is 6.24. The van der Waals surface area contributed by atoms with Gasteiger partial charge in [-0.05, 0) is 0 Å². The van der Waals surface area contributed by atoms with Gasteiger partial charge >= 0.3 is 7.82 Å². The van der Waals surface area contributed by atoms with Crippen LogP contribution >= 0.6 is 7.82 Å². The van der Waals surface area contributed by atoms with E-state index in [1.165, 1.54) is 18.0 Å². The summed E-state index contributed by atoms with van der Waals surface area (Å²) in [5, 5.41) is 10.0. The highest BCUT2D eigenvalue weighted by Gasteiger charge is 2.37. The maximum atomic E-state index is 10.8. The van der Waals surface area contributed by atoms with Crippen LogP contribution in [0.1, 0.15) is 12.6 Å². The molecule has 24 heavy (non-hydrogen) atoms. The molecule has 1 aliphatic rings. The largest absolute Gasteiger partial charge is 0.479 e. The molecule has 1 saturated heterocycles. The summed E-state index contributed by atoms with van der Waals surface area (Å²) in [6.45, 7) is -0.449. The van der Waals surface area contributed by atoms with E-state index in [0.717, 1.165) is 0 Å². The normalized spacial score (nSPS) is 24.6. The fourth-order valence-corrected chi connectivity index (χ4v) is 2.81. The van der Waals surface area contributed by atoms with Crippen LogP contribution in [0.3, 0.4) is 0 Å². The number of phosphoric ester groups is 1. The van der Waals surface area contributed by atoms with E-state index in [1.54, 1.807) is 0 Å². The maximum Gasteiger partial charge on any atom is 0.469 e. The summed E-state index contributed by atoms with van der Waals surface area (Å²) in [6, 6.07) is 0. The average Bonchev–Trinajstić information content (AvgIpc) is 3.06. The standard InChI is InChI=1S/C11H16N5O7P/c1-21-10-8-9(14-11(12)15-10)16(4-13-8)7-2-5(17)6(23-7)3-22-24(18,19)20/h4-7,17H,2-3H2,1H3,(H2,12,14,15)(H2,18,19,20)/t5-,6+,7+/m0/s1. The molecule has 12 nitrogen and oxygen atoms in total. The third-order valence-electron chi connectivity index (χ3n) is 3.52. The zero-order chi connectivity index (χ0) is 17.5. The Hall–Kier alpha value is -1.82. The molecule has 5 N–H and O–H groups in total. The van der Waals surface area contributed by atoms with Crippen molar-refractivity contribution in [2.24, 2.45) is 0 Å². The van der Waals surface area contributed by atoms with Crippen molar-refractivity contribution < 1.29 is 33.5 Å². The van der Waals surface area contributed by atoms with E-state index in [9.17, 15) is 9.67 Å². The van der Waals surface area contributed by atoms with Crippen LogP contribution in [0.15, 0.2) is 6.33 Å². The first-order valence-corrected chi connectivity index (χ1v) is 8.39. The summed E-state index contributed by atoms with van der Waals surface area (Å²) in [4.78, 5) is 29.6. The zero-order valence-electron chi connectivity index (χ0n) is 12.5. The second-order valence-corrected chi connectivity index (χ2v) is 6.37. The number of rotatable bonds is 5. The van der Waals surface area contributed by atoms with Crippen LogP contribution in [0.2, 0.25) is 0 Å². The van der Waals surface area contributed by atoms with Gasteiger partial charge in [0.05, 0.1) is 26.1 Å². The van der Waals surface area contributed by atoms with Gasteiger partial charge in [-0.1, -0.05) is 0 Å². The highest BCUT2D eigenvalue weighted by Crippen LogP contribution is 2.38. The number of anilines is 1. The van der Waals surface area contributed by atoms with Crippen molar-refractivity contribution in [2.45, 2.75) is 24.9 Å². The van der Waals surface area contributed by atoms with Gasteiger partial charge in [0.15, 0.2) is 11.2 Å². The molecule has 1 fully saturated rings. The first kappa shape index (κ1) is 17.0. The van der Waals surface area contributed by atoms with Crippen LogP contribution in [-0.2, 0) is 13.8 Å². The van der Waals surface area contributed by atoms with E-state index in [2.05, 4.69) is 19.5 Å². The lowest BCUT2D eigenvalue weighted by Gasteiger charge is -2.16. The highest BCUT2D eigenvalue weighted by molar-refractivity contribution is 7.46. The third kappa shape index (κ3) is 3.34. The molecule has 0 aliphatic carbocycles. The molecule has 2 aromatic heterocycles. The minimum absolute atomic E-state index is 0.0129. The van der Waals surface area contributed by atoms with Crippen LogP contribution in [0.25, 0.3) is 11.2 Å². The number of nitrogens with zero attached hydrogens (tertiary/aromatic N) is 4. The Labute approximate surface area is 135 Å². The molecule has 3 atom stereocenters. The summed E-state index contributed by atoms with van der Waals surface area (Å²) < 4.78 is 27.4. The van der Waals surface area contributed by atoms with Crippen molar-refractivity contribution in [1.82, 2.24) is 19.5 Å². The molecule has 3 rings (SSSR count). The number of fused-ring (bicyclic) bond motifs is 1. The van der Waals surface area contributed by atoms with Crippen LogP contribution < -0.4 is 10.5 Å². The molecule has 0 bridgehead atoms. The van der Waals surface area contributed by atoms with E-state index in [0.29, 0.717) is 11.2 Å². The summed E-state index contributed by atoms with van der Waals surface area (Å²) in [5.74, 6) is 0.192. The van der Waals surface area contributed by atoms with Gasteiger partial charge in [-0.15, -0.1) is 0 Å². The molecule has 0 aromatic carbocycles. The molecule has 0 spiro atoms. The van der Waals surface area contributed by atoms with Crippen LogP contribution in [0, 0.1) is 0 Å². The third-order valence-corrected chi connectivity index (χ3v) is 4.01. The van der Waals surface area contributed by atoms with Crippen LogP contribution in [0.5, 0.6) is 5.88 Å². The van der Waals surface area contributed by atoms with Crippen molar-refractivity contribution in [1.29, 1.82) is 0 Å². The van der Waals surface area contributed by atoms with Gasteiger partial charge in [-0.2, -0.15) is 9.97 Å². The Kier molecular flexibility index (Phi) is 4.42. The fourth-order valence-electron chi connectivity index (χ4n) is 2.47. The van der Waals surface area contributed by atoms with Gasteiger partial charge in [0.25, 0.3) is 0 Å². The minimum Gasteiger partial charge on any atom is -0.479 e. The van der Waals surface area contributed by atoms with Gasteiger partial charge in [-0.3, -0.25) is 9.09 Å². The molecular formula is C11H16N5O7P. The van der Waals surface area contributed by atoms with E-state index < -0.39 is 32.9 Å². The predicted octanol–water partition coefficient (Wildman–Crippen LogP) is -0.825. The number of hydrogen-bond acceptors (Lipinski definition) is 9. The molecule has 3 heterocycles. The Morgan fingerprint density at radius 2 is 2.25 bits per heavy atom. The SMILES string of the molecule is COc1nc(N)nc2c1ncn2[C@H]1C[C@H](O)[C@@H](COP(=O)(O)O)O1. The maximum absolute atomic E-state index is 10.8. The highest BCUT2D eigenvalue weighted by atomic mass is 31.2. The lowest BCUT2D eigenvalue weighted by molar-refractivity contribution is -0.0424. The number of ether oxygens (including phenoxy) is 2. The van der Waals surface area contributed by atoms with E-state index in [1.807, 2.05) is 0 Å². The topological polar surface area (TPSA) is 175 Å². The van der Waals surface area contributed by atoms with Gasteiger partial charge in [0.1, 0.15) is 12.3 Å². The number of aliphatic hydroxyl groups is 1. The van der Waals surface area contributed by atoms with E-state index in [-0.39, 0.29) is 18.2 Å². The first-order chi connectivity index (χ1) is 11.3. The number of hydrogen-bond donors (Lipinski definition) is 4. The van der Waals surface area contributed by atoms with Crippen molar-refractivity contribution in [3.63, 3.8) is 0 Å². The number of phosphoric acid groups is 1. The number of imidazole rings is 1. The van der Waals surface area contributed by atoms with Crippen molar-refractivity contribution >= 4 is 24.9 Å². The zero-order valence-corrected chi connectivity index (χ0v) is 13.4. The Morgan fingerprint density at radius 1 is 1.50 bits per heavy atom. The van der Waals surface area contributed by atoms with Crippen molar-refractivity contribution in [3.8, 4) is 5.88 Å². The van der Waals surface area contributed by atoms with Crippen LogP contribution in [0.4, 0.5) is 5.95 Å². The van der Waals surface area contributed by atoms with Crippen molar-refractivity contribution in [2.75, 3.05) is 19.5 Å². The monoisotopic (exact) mass is 361 g/mol. The molecular weight excluding hydrogens is 345 g/mol. The molecule has 132 valence electrons. The number of nitrogen functional groups attached to an aromatic ring is 1. The molecule has 2 aromatic rings. The first-order valence-electron chi connectivity index (χ1n) is 6.86. The molecule has 0 unspecified atom stereocenters. The molecule has 0 amide bonds. The van der Waals surface area contributed by atoms with Gasteiger partial charge in [-0.25, -0.2) is 9.55 Å². The quantitative estimate of drug-likeness (QED) is 0.489. The molecule has 0 radical (unpaired) electrons. The summed E-state index contributed by atoms with van der Waals surface area (Å²) in [7, 11) is -3.22. The van der Waals surface area contributed by atoms with Gasteiger partial charge in [0.2, 0.25) is 11.8 Å². The number of nitrogens with two attached hydrogens (primary N) is 1. The Balaban J connectivity index is 1.84. The molecule has 13 heteroatoms. The number of aromatic nitrogens is 4. The Morgan fingerprint density at radius 3 is 2.92 bits per heavy atom.